The maximum absolute atomic E-state index is 8.90. The van der Waals surface area contributed by atoms with E-state index in [1.165, 1.54) is 0 Å². The molecule has 13 heavy (non-hydrogen) atoms. The molecule has 0 aliphatic heterocycles. The summed E-state index contributed by atoms with van der Waals surface area (Å²) in [5.74, 6) is 0.172. The van der Waals surface area contributed by atoms with Crippen LogP contribution in [0.25, 0.3) is 0 Å². The van der Waals surface area contributed by atoms with Gasteiger partial charge >= 0.3 is 0 Å². The lowest BCUT2D eigenvalue weighted by Gasteiger charge is -2.03. The zero-order chi connectivity index (χ0) is 9.84. The number of hydrogen-bond acceptors (Lipinski definition) is 1. The highest BCUT2D eigenvalue weighted by atomic mass is 35.5. The van der Waals surface area contributed by atoms with Crippen LogP contribution in [0.15, 0.2) is 30.5 Å². The molecule has 0 bridgehead atoms. The third kappa shape index (κ3) is 3.29. The van der Waals surface area contributed by atoms with Crippen molar-refractivity contribution in [2.75, 3.05) is 0 Å². The first-order valence-electron chi connectivity index (χ1n) is 3.90. The summed E-state index contributed by atoms with van der Waals surface area (Å²) in [5, 5.41) is 10.2. The Hall–Kier alpha value is -0.660. The zero-order valence-corrected chi connectivity index (χ0v) is 8.57. The quantitative estimate of drug-likeness (QED) is 0.758. The average molecular weight is 217 g/mol. The summed E-state index contributed by atoms with van der Waals surface area (Å²) in [6, 6.07) is 5.33. The van der Waals surface area contributed by atoms with Crippen molar-refractivity contribution in [3.63, 3.8) is 0 Å². The van der Waals surface area contributed by atoms with Gasteiger partial charge in [-0.2, -0.15) is 0 Å². The second kappa shape index (κ2) is 4.54. The van der Waals surface area contributed by atoms with Crippen molar-refractivity contribution < 1.29 is 5.11 Å². The molecule has 1 N–H and O–H groups in total. The van der Waals surface area contributed by atoms with Crippen molar-refractivity contribution >= 4 is 23.2 Å². The number of aliphatic hydroxyl groups is 1. The summed E-state index contributed by atoms with van der Waals surface area (Å²) in [5.41, 5.74) is 0.973. The predicted octanol–water partition coefficient (Wildman–Crippen LogP) is 4.00. The van der Waals surface area contributed by atoms with Gasteiger partial charge in [0, 0.05) is 16.5 Å². The van der Waals surface area contributed by atoms with Gasteiger partial charge in [-0.3, -0.25) is 0 Å². The fraction of sp³-hybridized carbons (Fsp3) is 0.200. The van der Waals surface area contributed by atoms with Crippen LogP contribution in [-0.4, -0.2) is 5.11 Å². The SMILES string of the molecule is C=C(O)CCc1ccc(Cl)cc1Cl. The number of allylic oxidation sites excluding steroid dienone is 1. The van der Waals surface area contributed by atoms with Gasteiger partial charge in [-0.1, -0.05) is 35.8 Å². The Bertz CT molecular complexity index is 321. The Morgan fingerprint density at radius 2 is 2.08 bits per heavy atom. The molecule has 0 aliphatic rings. The van der Waals surface area contributed by atoms with Gasteiger partial charge in [0.15, 0.2) is 0 Å². The summed E-state index contributed by atoms with van der Waals surface area (Å²) in [6.07, 6.45) is 1.21. The van der Waals surface area contributed by atoms with Crippen molar-refractivity contribution in [2.45, 2.75) is 12.8 Å². The molecule has 0 saturated heterocycles. The molecule has 0 spiro atoms. The van der Waals surface area contributed by atoms with Gasteiger partial charge in [0.25, 0.3) is 0 Å². The Morgan fingerprint density at radius 3 is 2.62 bits per heavy atom. The molecule has 0 unspecified atom stereocenters. The lowest BCUT2D eigenvalue weighted by molar-refractivity contribution is 0.391. The van der Waals surface area contributed by atoms with Gasteiger partial charge in [0.2, 0.25) is 0 Å². The molecule has 1 aromatic carbocycles. The molecule has 70 valence electrons. The number of hydrogen-bond donors (Lipinski definition) is 1. The summed E-state index contributed by atoms with van der Waals surface area (Å²) in [7, 11) is 0. The molecule has 0 saturated carbocycles. The van der Waals surface area contributed by atoms with Crippen LogP contribution < -0.4 is 0 Å². The van der Waals surface area contributed by atoms with E-state index < -0.39 is 0 Å². The smallest absolute Gasteiger partial charge is 0.0854 e. The minimum Gasteiger partial charge on any atom is -0.513 e. The predicted molar refractivity (Wildman–Crippen MR) is 56.6 cm³/mol. The highest BCUT2D eigenvalue weighted by molar-refractivity contribution is 6.35. The first-order valence-corrected chi connectivity index (χ1v) is 4.66. The van der Waals surface area contributed by atoms with Crippen molar-refractivity contribution in [3.8, 4) is 0 Å². The molecule has 0 radical (unpaired) electrons. The van der Waals surface area contributed by atoms with E-state index in [1.807, 2.05) is 6.07 Å². The van der Waals surface area contributed by atoms with Crippen LogP contribution in [0.3, 0.4) is 0 Å². The van der Waals surface area contributed by atoms with Gasteiger partial charge in [0.05, 0.1) is 5.76 Å². The van der Waals surface area contributed by atoms with E-state index in [0.29, 0.717) is 22.9 Å². The first kappa shape index (κ1) is 10.4. The molecule has 0 fully saturated rings. The van der Waals surface area contributed by atoms with E-state index >= 15 is 0 Å². The van der Waals surface area contributed by atoms with E-state index in [1.54, 1.807) is 12.1 Å². The number of halogens is 2. The second-order valence-corrected chi connectivity index (χ2v) is 3.65. The van der Waals surface area contributed by atoms with Crippen LogP contribution in [-0.2, 0) is 6.42 Å². The maximum Gasteiger partial charge on any atom is 0.0854 e. The Morgan fingerprint density at radius 1 is 1.38 bits per heavy atom. The van der Waals surface area contributed by atoms with Crippen molar-refractivity contribution in [2.24, 2.45) is 0 Å². The first-order chi connectivity index (χ1) is 6.09. The molecule has 0 aromatic heterocycles. The van der Waals surface area contributed by atoms with Crippen LogP contribution in [0.1, 0.15) is 12.0 Å². The molecular formula is C10H10Cl2O. The van der Waals surface area contributed by atoms with Crippen LogP contribution in [0.2, 0.25) is 10.0 Å². The highest BCUT2D eigenvalue weighted by Gasteiger charge is 2.01. The van der Waals surface area contributed by atoms with Crippen molar-refractivity contribution in [1.29, 1.82) is 0 Å². The Labute approximate surface area is 87.6 Å². The molecule has 3 heteroatoms. The Kier molecular flexibility index (Phi) is 3.64. The average Bonchev–Trinajstić information content (AvgIpc) is 2.02. The topological polar surface area (TPSA) is 20.2 Å². The van der Waals surface area contributed by atoms with Crippen molar-refractivity contribution in [1.82, 2.24) is 0 Å². The number of aliphatic hydroxyl groups excluding tert-OH is 1. The van der Waals surface area contributed by atoms with E-state index in [2.05, 4.69) is 6.58 Å². The third-order valence-electron chi connectivity index (χ3n) is 1.70. The van der Waals surface area contributed by atoms with Crippen LogP contribution >= 0.6 is 23.2 Å². The zero-order valence-electron chi connectivity index (χ0n) is 7.06. The maximum atomic E-state index is 8.90. The van der Waals surface area contributed by atoms with E-state index in [-0.39, 0.29) is 5.76 Å². The monoisotopic (exact) mass is 216 g/mol. The van der Waals surface area contributed by atoms with E-state index in [0.717, 1.165) is 5.56 Å². The largest absolute Gasteiger partial charge is 0.513 e. The van der Waals surface area contributed by atoms with Crippen LogP contribution in [0.4, 0.5) is 0 Å². The van der Waals surface area contributed by atoms with Gasteiger partial charge in [0.1, 0.15) is 0 Å². The summed E-state index contributed by atoms with van der Waals surface area (Å²) in [4.78, 5) is 0. The molecular weight excluding hydrogens is 207 g/mol. The summed E-state index contributed by atoms with van der Waals surface area (Å²) >= 11 is 11.6. The lowest BCUT2D eigenvalue weighted by Crippen LogP contribution is -1.88. The summed E-state index contributed by atoms with van der Waals surface area (Å²) < 4.78 is 0. The lowest BCUT2D eigenvalue weighted by atomic mass is 10.1. The number of aryl methyl sites for hydroxylation is 1. The van der Waals surface area contributed by atoms with Gasteiger partial charge < -0.3 is 5.11 Å². The standard InChI is InChI=1S/C10H10Cl2O/c1-7(13)2-3-8-4-5-9(11)6-10(8)12/h4-6,13H,1-3H2. The molecule has 0 amide bonds. The molecule has 0 heterocycles. The van der Waals surface area contributed by atoms with Crippen molar-refractivity contribution in [3.05, 3.63) is 46.1 Å². The fourth-order valence-corrected chi connectivity index (χ4v) is 1.51. The van der Waals surface area contributed by atoms with E-state index in [9.17, 15) is 0 Å². The minimum atomic E-state index is 0.172. The third-order valence-corrected chi connectivity index (χ3v) is 2.28. The van der Waals surface area contributed by atoms with Crippen LogP contribution in [0.5, 0.6) is 0 Å². The molecule has 1 nitrogen and oxygen atoms in total. The normalized spacial score (nSPS) is 10.0. The number of benzene rings is 1. The second-order valence-electron chi connectivity index (χ2n) is 2.80. The Balaban J connectivity index is 2.72. The number of rotatable bonds is 3. The summed E-state index contributed by atoms with van der Waals surface area (Å²) in [6.45, 7) is 3.40. The molecule has 1 rings (SSSR count). The van der Waals surface area contributed by atoms with Gasteiger partial charge in [-0.25, -0.2) is 0 Å². The molecule has 0 aliphatic carbocycles. The highest BCUT2D eigenvalue weighted by Crippen LogP contribution is 2.22. The fourth-order valence-electron chi connectivity index (χ4n) is 1.00. The van der Waals surface area contributed by atoms with Gasteiger partial charge in [-0.15, -0.1) is 0 Å². The molecule has 1 aromatic rings. The van der Waals surface area contributed by atoms with Gasteiger partial charge in [-0.05, 0) is 24.1 Å². The molecule has 0 atom stereocenters. The minimum absolute atomic E-state index is 0.172. The van der Waals surface area contributed by atoms with Crippen LogP contribution in [0, 0.1) is 0 Å². The van der Waals surface area contributed by atoms with E-state index in [4.69, 9.17) is 28.3 Å².